The maximum Gasteiger partial charge on any atom is 0.167 e. The topological polar surface area (TPSA) is 42.7 Å². The molecule has 2 aromatic heterocycles. The van der Waals surface area contributed by atoms with Crippen molar-refractivity contribution < 1.29 is 4.39 Å². The van der Waals surface area contributed by atoms with Crippen LogP contribution in [0.15, 0.2) is 29.0 Å². The lowest BCUT2D eigenvalue weighted by atomic mass is 10.4. The molecule has 15 heavy (non-hydrogen) atoms. The molecule has 2 heterocycles. The molecule has 0 aliphatic heterocycles. The highest BCUT2D eigenvalue weighted by Crippen LogP contribution is 2.18. The summed E-state index contributed by atoms with van der Waals surface area (Å²) in [4.78, 5) is 3.90. The zero-order valence-electron chi connectivity index (χ0n) is 7.91. The summed E-state index contributed by atoms with van der Waals surface area (Å²) in [6.45, 7) is 0. The summed E-state index contributed by atoms with van der Waals surface area (Å²) >= 11 is 3.14. The third kappa shape index (κ3) is 2.33. The molecule has 0 bridgehead atoms. The molecule has 0 radical (unpaired) electrons. The van der Waals surface area contributed by atoms with Crippen LogP contribution in [0.3, 0.4) is 0 Å². The smallest absolute Gasteiger partial charge is 0.167 e. The van der Waals surface area contributed by atoms with Crippen LogP contribution in [0.5, 0.6) is 0 Å². The van der Waals surface area contributed by atoms with Crippen LogP contribution in [0, 0.1) is 5.82 Å². The molecule has 0 fully saturated rings. The van der Waals surface area contributed by atoms with Crippen molar-refractivity contribution in [2.75, 3.05) is 5.32 Å². The highest BCUT2D eigenvalue weighted by atomic mass is 79.9. The zero-order chi connectivity index (χ0) is 10.8. The van der Waals surface area contributed by atoms with Crippen LogP contribution in [0.25, 0.3) is 0 Å². The van der Waals surface area contributed by atoms with Crippen molar-refractivity contribution in [3.63, 3.8) is 0 Å². The van der Waals surface area contributed by atoms with Crippen molar-refractivity contribution in [3.05, 3.63) is 34.8 Å². The number of rotatable bonds is 2. The first-order valence-corrected chi connectivity index (χ1v) is 5.02. The van der Waals surface area contributed by atoms with Crippen LogP contribution in [-0.4, -0.2) is 14.8 Å². The summed E-state index contributed by atoms with van der Waals surface area (Å²) in [5.41, 5.74) is 0. The minimum atomic E-state index is -0.421. The Balaban J connectivity index is 2.24. The number of hydrogen-bond acceptors (Lipinski definition) is 3. The van der Waals surface area contributed by atoms with E-state index in [1.165, 1.54) is 12.3 Å². The Morgan fingerprint density at radius 1 is 1.53 bits per heavy atom. The molecule has 0 aliphatic carbocycles. The molecule has 0 unspecified atom stereocenters. The minimum absolute atomic E-state index is 0.164. The molecule has 0 saturated heterocycles. The highest BCUT2D eigenvalue weighted by Gasteiger charge is 2.05. The van der Waals surface area contributed by atoms with Gasteiger partial charge in [-0.1, -0.05) is 0 Å². The maximum atomic E-state index is 13.4. The zero-order valence-corrected chi connectivity index (χ0v) is 9.49. The Morgan fingerprint density at radius 2 is 2.33 bits per heavy atom. The van der Waals surface area contributed by atoms with Gasteiger partial charge in [0, 0.05) is 30.0 Å². The maximum absolute atomic E-state index is 13.4. The third-order valence-electron chi connectivity index (χ3n) is 1.77. The Kier molecular flexibility index (Phi) is 2.68. The van der Waals surface area contributed by atoms with Crippen LogP contribution < -0.4 is 5.32 Å². The second kappa shape index (κ2) is 3.98. The summed E-state index contributed by atoms with van der Waals surface area (Å²) < 4.78 is 15.6. The number of hydrogen-bond donors (Lipinski definition) is 1. The minimum Gasteiger partial charge on any atom is -0.321 e. The largest absolute Gasteiger partial charge is 0.321 e. The summed E-state index contributed by atoms with van der Waals surface area (Å²) in [6, 6.07) is 3.08. The van der Waals surface area contributed by atoms with E-state index in [-0.39, 0.29) is 5.82 Å². The number of nitrogens with one attached hydrogen (secondary N) is 1. The number of nitrogens with zero attached hydrogens (tertiary/aromatic N) is 3. The van der Waals surface area contributed by atoms with Crippen molar-refractivity contribution in [1.29, 1.82) is 0 Å². The lowest BCUT2D eigenvalue weighted by molar-refractivity contribution is 0.625. The van der Waals surface area contributed by atoms with Gasteiger partial charge in [0.15, 0.2) is 17.5 Å². The van der Waals surface area contributed by atoms with Crippen LogP contribution in [0.2, 0.25) is 0 Å². The number of pyridine rings is 1. The molecule has 0 atom stereocenters. The van der Waals surface area contributed by atoms with Gasteiger partial charge in [-0.25, -0.2) is 9.37 Å². The summed E-state index contributed by atoms with van der Waals surface area (Å²) in [5, 5.41) is 6.84. The Morgan fingerprint density at radius 3 is 2.93 bits per heavy atom. The second-order valence-corrected chi connectivity index (χ2v) is 3.90. The summed E-state index contributed by atoms with van der Waals surface area (Å²) in [6.07, 6.45) is 3.29. The molecule has 0 aromatic carbocycles. The predicted octanol–water partition coefficient (Wildman–Crippen LogP) is 2.46. The van der Waals surface area contributed by atoms with E-state index in [9.17, 15) is 4.39 Å². The predicted molar refractivity (Wildman–Crippen MR) is 58.4 cm³/mol. The van der Waals surface area contributed by atoms with Crippen LogP contribution in [0.4, 0.5) is 16.0 Å². The van der Waals surface area contributed by atoms with Gasteiger partial charge in [-0.3, -0.25) is 4.68 Å². The number of halogens is 2. The van der Waals surface area contributed by atoms with Gasteiger partial charge in [-0.2, -0.15) is 5.10 Å². The first-order chi connectivity index (χ1) is 7.15. The molecule has 1 N–H and O–H groups in total. The molecule has 0 aliphatic rings. The van der Waals surface area contributed by atoms with E-state index in [2.05, 4.69) is 31.3 Å². The molecule has 6 heteroatoms. The fraction of sp³-hybridized carbons (Fsp3) is 0.111. The summed E-state index contributed by atoms with van der Waals surface area (Å²) in [7, 11) is 1.79. The standard InChI is InChI=1S/C9H8BrFN4/c1-15-3-2-8(14-15)13-9-7(11)4-6(10)5-12-9/h2-5H,1H3,(H,12,13,14). The van der Waals surface area contributed by atoms with E-state index in [0.717, 1.165) is 0 Å². The van der Waals surface area contributed by atoms with E-state index in [0.29, 0.717) is 10.3 Å². The van der Waals surface area contributed by atoms with Gasteiger partial charge in [0.1, 0.15) is 0 Å². The van der Waals surface area contributed by atoms with E-state index in [1.807, 2.05) is 0 Å². The van der Waals surface area contributed by atoms with Gasteiger partial charge in [0.05, 0.1) is 0 Å². The third-order valence-corrected chi connectivity index (χ3v) is 2.20. The van der Waals surface area contributed by atoms with E-state index in [1.54, 1.807) is 24.0 Å². The molecular weight excluding hydrogens is 263 g/mol. The molecule has 2 aromatic rings. The van der Waals surface area contributed by atoms with Crippen molar-refractivity contribution in [1.82, 2.24) is 14.8 Å². The molecule has 2 rings (SSSR count). The molecule has 0 saturated carbocycles. The van der Waals surface area contributed by atoms with Crippen LogP contribution in [0.1, 0.15) is 0 Å². The molecule has 78 valence electrons. The first kappa shape index (κ1) is 10.1. The SMILES string of the molecule is Cn1ccc(Nc2ncc(Br)cc2F)n1. The molecule has 0 spiro atoms. The Labute approximate surface area is 94.3 Å². The van der Waals surface area contributed by atoms with Crippen molar-refractivity contribution in [2.45, 2.75) is 0 Å². The first-order valence-electron chi connectivity index (χ1n) is 4.23. The van der Waals surface area contributed by atoms with E-state index >= 15 is 0 Å². The fourth-order valence-corrected chi connectivity index (χ4v) is 1.41. The molecular formula is C9H8BrFN4. The van der Waals surface area contributed by atoms with Gasteiger partial charge in [0.2, 0.25) is 0 Å². The van der Waals surface area contributed by atoms with Crippen LogP contribution in [-0.2, 0) is 7.05 Å². The lowest BCUT2D eigenvalue weighted by Gasteiger charge is -2.02. The number of anilines is 2. The lowest BCUT2D eigenvalue weighted by Crippen LogP contribution is -1.98. The number of aryl methyl sites for hydroxylation is 1. The second-order valence-electron chi connectivity index (χ2n) is 2.98. The normalized spacial score (nSPS) is 10.3. The average molecular weight is 271 g/mol. The van der Waals surface area contributed by atoms with Crippen molar-refractivity contribution in [2.24, 2.45) is 7.05 Å². The Bertz CT molecular complexity index is 483. The van der Waals surface area contributed by atoms with Crippen molar-refractivity contribution in [3.8, 4) is 0 Å². The van der Waals surface area contributed by atoms with Gasteiger partial charge >= 0.3 is 0 Å². The number of aromatic nitrogens is 3. The molecule has 0 amide bonds. The van der Waals surface area contributed by atoms with Crippen LogP contribution >= 0.6 is 15.9 Å². The monoisotopic (exact) mass is 270 g/mol. The van der Waals surface area contributed by atoms with Crippen molar-refractivity contribution >= 4 is 27.6 Å². The highest BCUT2D eigenvalue weighted by molar-refractivity contribution is 9.10. The Hall–Kier alpha value is -1.43. The van der Waals surface area contributed by atoms with E-state index in [4.69, 9.17) is 0 Å². The average Bonchev–Trinajstić information content (AvgIpc) is 2.56. The summed E-state index contributed by atoms with van der Waals surface area (Å²) in [5.74, 6) is 0.304. The van der Waals surface area contributed by atoms with Gasteiger partial charge < -0.3 is 5.32 Å². The van der Waals surface area contributed by atoms with Gasteiger partial charge in [0.25, 0.3) is 0 Å². The van der Waals surface area contributed by atoms with Gasteiger partial charge in [-0.05, 0) is 22.0 Å². The quantitative estimate of drug-likeness (QED) is 0.912. The fourth-order valence-electron chi connectivity index (χ4n) is 1.11. The van der Waals surface area contributed by atoms with E-state index < -0.39 is 5.82 Å². The molecule has 4 nitrogen and oxygen atoms in total. The van der Waals surface area contributed by atoms with Gasteiger partial charge in [-0.15, -0.1) is 0 Å².